The number of aryl methyl sites for hydroxylation is 1. The Morgan fingerprint density at radius 2 is 1.98 bits per heavy atom. The molecule has 46 heavy (non-hydrogen) atoms. The van der Waals surface area contributed by atoms with E-state index in [9.17, 15) is 19.6 Å². The van der Waals surface area contributed by atoms with Crippen LogP contribution in [0.4, 0.5) is 21.6 Å². The number of piperidine rings is 1. The number of carbonyl (C=O) groups excluding carboxylic acids is 1. The molecule has 3 aromatic rings. The summed E-state index contributed by atoms with van der Waals surface area (Å²) in [5.41, 5.74) is 4.10. The first-order valence-corrected chi connectivity index (χ1v) is 15.5. The Bertz CT molecular complexity index is 1590. The molecule has 0 aliphatic carbocycles. The molecule has 0 unspecified atom stereocenters. The molecule has 3 N–H and O–H groups in total. The van der Waals surface area contributed by atoms with Crippen molar-refractivity contribution in [2.75, 3.05) is 69.3 Å². The van der Waals surface area contributed by atoms with Crippen LogP contribution in [-0.2, 0) is 9.53 Å². The molecule has 1 aromatic heterocycles. The highest BCUT2D eigenvalue weighted by molar-refractivity contribution is 5.81. The van der Waals surface area contributed by atoms with E-state index in [1.807, 2.05) is 6.07 Å². The van der Waals surface area contributed by atoms with Gasteiger partial charge in [0.15, 0.2) is 18.1 Å². The Morgan fingerprint density at radius 3 is 2.65 bits per heavy atom. The van der Waals surface area contributed by atoms with E-state index in [0.717, 1.165) is 45.1 Å². The number of benzene rings is 2. The average Bonchev–Trinajstić information content (AvgIpc) is 3.05. The van der Waals surface area contributed by atoms with Gasteiger partial charge in [-0.2, -0.15) is 5.26 Å². The molecule has 3 aliphatic rings. The second-order valence-electron chi connectivity index (χ2n) is 11.9. The number of nitrogens with one attached hydrogen (secondary N) is 1. The number of nitrogens with zero attached hydrogens (tertiary/aromatic N) is 6. The van der Waals surface area contributed by atoms with Crippen molar-refractivity contribution in [3.8, 4) is 23.2 Å². The van der Waals surface area contributed by atoms with E-state index >= 15 is 0 Å². The molecule has 2 aromatic carbocycles. The summed E-state index contributed by atoms with van der Waals surface area (Å²) in [5.74, 6) is 0.505. The minimum atomic E-state index is -1.58. The zero-order valence-electron chi connectivity index (χ0n) is 25.7. The van der Waals surface area contributed by atoms with Gasteiger partial charge in [-0.3, -0.25) is 9.69 Å². The number of hydrogen-bond donors (Lipinski definition) is 3. The Labute approximate surface area is 267 Å². The van der Waals surface area contributed by atoms with Crippen LogP contribution in [0.5, 0.6) is 5.75 Å². The number of piperazine rings is 1. The van der Waals surface area contributed by atoms with Gasteiger partial charge >= 0.3 is 0 Å². The number of likely N-dealkylation sites (tertiary alicyclic amines) is 1. The second-order valence-corrected chi connectivity index (χ2v) is 11.9. The van der Waals surface area contributed by atoms with Crippen molar-refractivity contribution in [3.63, 3.8) is 0 Å². The zero-order valence-corrected chi connectivity index (χ0v) is 25.7. The number of ether oxygens (including phenoxy) is 2. The lowest BCUT2D eigenvalue weighted by Crippen LogP contribution is -2.56. The van der Waals surface area contributed by atoms with E-state index in [4.69, 9.17) is 14.6 Å². The van der Waals surface area contributed by atoms with Crippen LogP contribution in [0.25, 0.3) is 11.4 Å². The number of alkyl halides is 1. The third-order valence-electron chi connectivity index (χ3n) is 8.80. The average molecular weight is 632 g/mol. The summed E-state index contributed by atoms with van der Waals surface area (Å²) in [7, 11) is 0. The standard InChI is InChI=1S/C33H38FN7O5/c1-21-14-24(3-4-27(21)40-12-10-39(11-13-40)25-19-45-20-25)37-31-6-8-36-32(38-31)22-2-5-29(23(15-22)16-35)46-30-7-9-41(17-26(30)34)33(44)28(43)18-42/h2-6,8,14-15,25-26,28,30,42-43H,7,9-13,17-20H2,1H3,(H,36,37,38)/t26-,28-,30+/m1/s1. The topological polar surface area (TPSA) is 147 Å². The molecule has 3 atom stereocenters. The monoisotopic (exact) mass is 631 g/mol. The van der Waals surface area contributed by atoms with E-state index in [1.165, 1.54) is 16.2 Å². The molecule has 0 bridgehead atoms. The first-order valence-electron chi connectivity index (χ1n) is 15.5. The third-order valence-corrected chi connectivity index (χ3v) is 8.80. The molecule has 3 fully saturated rings. The molecule has 12 nitrogen and oxygen atoms in total. The first kappa shape index (κ1) is 31.6. The van der Waals surface area contributed by atoms with Crippen molar-refractivity contribution in [2.45, 2.75) is 37.8 Å². The predicted octanol–water partition coefficient (Wildman–Crippen LogP) is 2.26. The van der Waals surface area contributed by atoms with Crippen molar-refractivity contribution in [3.05, 3.63) is 59.8 Å². The molecule has 6 rings (SSSR count). The Balaban J connectivity index is 1.09. The molecule has 13 heteroatoms. The van der Waals surface area contributed by atoms with Crippen molar-refractivity contribution in [1.82, 2.24) is 19.8 Å². The van der Waals surface area contributed by atoms with Crippen LogP contribution in [-0.4, -0.2) is 119 Å². The number of halogens is 1. The molecular formula is C33H38FN7O5. The lowest BCUT2D eigenvalue weighted by molar-refractivity contribution is -0.146. The maximum Gasteiger partial charge on any atom is 0.253 e. The summed E-state index contributed by atoms with van der Waals surface area (Å²) >= 11 is 0. The van der Waals surface area contributed by atoms with Crippen LogP contribution in [0.1, 0.15) is 17.5 Å². The number of hydrogen-bond acceptors (Lipinski definition) is 11. The fourth-order valence-electron chi connectivity index (χ4n) is 6.09. The van der Waals surface area contributed by atoms with E-state index in [2.05, 4.69) is 50.2 Å². The molecule has 0 radical (unpaired) electrons. The van der Waals surface area contributed by atoms with Gasteiger partial charge in [-0.25, -0.2) is 14.4 Å². The number of amides is 1. The fourth-order valence-corrected chi connectivity index (χ4v) is 6.09. The van der Waals surface area contributed by atoms with Crippen LogP contribution >= 0.6 is 0 Å². The van der Waals surface area contributed by atoms with Crippen molar-refractivity contribution >= 4 is 23.1 Å². The highest BCUT2D eigenvalue weighted by Gasteiger charge is 2.35. The normalized spacial score (nSPS) is 21.3. The Kier molecular flexibility index (Phi) is 9.60. The molecular weight excluding hydrogens is 593 g/mol. The van der Waals surface area contributed by atoms with Gasteiger partial charge in [0.25, 0.3) is 5.91 Å². The Morgan fingerprint density at radius 1 is 1.17 bits per heavy atom. The number of aromatic nitrogens is 2. The van der Waals surface area contributed by atoms with Crippen LogP contribution in [0.15, 0.2) is 48.7 Å². The minimum Gasteiger partial charge on any atom is -0.486 e. The molecule has 3 aliphatic heterocycles. The molecule has 0 spiro atoms. The number of rotatable bonds is 9. The van der Waals surface area contributed by atoms with Gasteiger partial charge in [0.1, 0.15) is 23.7 Å². The summed E-state index contributed by atoms with van der Waals surface area (Å²) in [6.45, 7) is 6.99. The number of nitriles is 1. The molecule has 3 saturated heterocycles. The van der Waals surface area contributed by atoms with Crippen molar-refractivity contribution < 1.29 is 28.9 Å². The first-order chi connectivity index (χ1) is 22.3. The highest BCUT2D eigenvalue weighted by Crippen LogP contribution is 2.30. The van der Waals surface area contributed by atoms with E-state index in [0.29, 0.717) is 23.2 Å². The maximum absolute atomic E-state index is 14.9. The maximum atomic E-state index is 14.9. The van der Waals surface area contributed by atoms with E-state index < -0.39 is 30.9 Å². The summed E-state index contributed by atoms with van der Waals surface area (Å²) in [6.07, 6.45) is -2.17. The van der Waals surface area contributed by atoms with Gasteiger partial charge in [-0.05, 0) is 55.0 Å². The van der Waals surface area contributed by atoms with Gasteiger partial charge < -0.3 is 34.8 Å². The fraction of sp³-hybridized carbons (Fsp3) is 0.455. The summed E-state index contributed by atoms with van der Waals surface area (Å²) in [5, 5.41) is 31.8. The largest absolute Gasteiger partial charge is 0.486 e. The molecule has 1 amide bonds. The Hall–Kier alpha value is -4.35. The van der Waals surface area contributed by atoms with Crippen LogP contribution in [0.2, 0.25) is 0 Å². The molecule has 0 saturated carbocycles. The van der Waals surface area contributed by atoms with Gasteiger partial charge in [0.2, 0.25) is 0 Å². The lowest BCUT2D eigenvalue weighted by atomic mass is 10.0. The van der Waals surface area contributed by atoms with E-state index in [1.54, 1.807) is 30.5 Å². The van der Waals surface area contributed by atoms with Crippen LogP contribution in [0, 0.1) is 18.3 Å². The molecule has 242 valence electrons. The van der Waals surface area contributed by atoms with Crippen LogP contribution < -0.4 is 15.0 Å². The number of carbonyl (C=O) groups is 1. The van der Waals surface area contributed by atoms with Gasteiger partial charge in [-0.15, -0.1) is 0 Å². The summed E-state index contributed by atoms with van der Waals surface area (Å²) < 4.78 is 26.2. The third kappa shape index (κ3) is 6.90. The highest BCUT2D eigenvalue weighted by atomic mass is 19.1. The SMILES string of the molecule is Cc1cc(Nc2ccnc(-c3ccc(O[C@H]4CCN(C(=O)[C@H](O)CO)C[C@H]4F)c(C#N)c3)n2)ccc1N1CCN(C2COC2)CC1. The predicted molar refractivity (Wildman–Crippen MR) is 169 cm³/mol. The number of anilines is 3. The molecule has 4 heterocycles. The second kappa shape index (κ2) is 14.0. The zero-order chi connectivity index (χ0) is 32.2. The van der Waals surface area contributed by atoms with Crippen molar-refractivity contribution in [1.29, 1.82) is 5.26 Å². The lowest BCUT2D eigenvalue weighted by Gasteiger charge is -2.43. The van der Waals surface area contributed by atoms with Gasteiger partial charge in [0.05, 0.1) is 38.0 Å². The minimum absolute atomic E-state index is 0.157. The quantitative estimate of drug-likeness (QED) is 0.320. The van der Waals surface area contributed by atoms with Gasteiger partial charge in [0, 0.05) is 62.3 Å². The number of aliphatic hydroxyl groups is 2. The van der Waals surface area contributed by atoms with Gasteiger partial charge in [-0.1, -0.05) is 0 Å². The summed E-state index contributed by atoms with van der Waals surface area (Å²) in [6, 6.07) is 15.7. The summed E-state index contributed by atoms with van der Waals surface area (Å²) in [4.78, 5) is 27.3. The smallest absolute Gasteiger partial charge is 0.253 e. The van der Waals surface area contributed by atoms with Crippen molar-refractivity contribution in [2.24, 2.45) is 0 Å². The van der Waals surface area contributed by atoms with E-state index in [-0.39, 0.29) is 30.8 Å². The van der Waals surface area contributed by atoms with Crippen LogP contribution in [0.3, 0.4) is 0 Å². The number of aliphatic hydroxyl groups excluding tert-OH is 2.